The van der Waals surface area contributed by atoms with Gasteiger partial charge in [0.1, 0.15) is 17.2 Å². The van der Waals surface area contributed by atoms with Crippen molar-refractivity contribution in [3.8, 4) is 11.1 Å². The number of benzene rings is 3. The van der Waals surface area contributed by atoms with Gasteiger partial charge in [-0.15, -0.1) is 0 Å². The topological polar surface area (TPSA) is 37.4 Å². The van der Waals surface area contributed by atoms with Gasteiger partial charge in [0.25, 0.3) is 5.91 Å². The van der Waals surface area contributed by atoms with Crippen LogP contribution in [0.3, 0.4) is 0 Å². The summed E-state index contributed by atoms with van der Waals surface area (Å²) < 4.78 is 28.8. The molecule has 0 saturated heterocycles. The molecule has 3 aromatic carbocycles. The lowest BCUT2D eigenvalue weighted by atomic mass is 9.90. The lowest BCUT2D eigenvalue weighted by molar-refractivity contribution is -0.119. The maximum Gasteiger partial charge on any atom is 0.264 e. The van der Waals surface area contributed by atoms with Crippen molar-refractivity contribution >= 4 is 17.4 Å². The van der Waals surface area contributed by atoms with Gasteiger partial charge in [0.2, 0.25) is 0 Å². The lowest BCUT2D eigenvalue weighted by Crippen LogP contribution is -2.37. The molecular formula is C27H27F2NO2. The molecule has 1 amide bonds. The molecule has 32 heavy (non-hydrogen) atoms. The Balaban J connectivity index is 2.04. The second-order valence-corrected chi connectivity index (χ2v) is 9.18. The van der Waals surface area contributed by atoms with Gasteiger partial charge in [-0.05, 0) is 47.7 Å². The highest BCUT2D eigenvalue weighted by Crippen LogP contribution is 2.28. The number of hydrogen-bond donors (Lipinski definition) is 0. The van der Waals surface area contributed by atoms with Crippen LogP contribution < -0.4 is 4.90 Å². The first-order chi connectivity index (χ1) is 15.0. The van der Waals surface area contributed by atoms with Crippen molar-refractivity contribution in [2.75, 3.05) is 11.4 Å². The van der Waals surface area contributed by atoms with Crippen molar-refractivity contribution < 1.29 is 18.4 Å². The van der Waals surface area contributed by atoms with Gasteiger partial charge in [-0.3, -0.25) is 9.59 Å². The van der Waals surface area contributed by atoms with Crippen molar-refractivity contribution in [3.05, 3.63) is 89.5 Å². The third kappa shape index (κ3) is 5.67. The molecule has 166 valence electrons. The molecule has 0 radical (unpaired) electrons. The third-order valence-electron chi connectivity index (χ3n) is 5.03. The molecule has 3 rings (SSSR count). The zero-order valence-corrected chi connectivity index (χ0v) is 18.8. The number of aryl methyl sites for hydroxylation is 1. The first-order valence-electron chi connectivity index (χ1n) is 10.5. The summed E-state index contributed by atoms with van der Waals surface area (Å²) in [5.41, 5.74) is 2.33. The average molecular weight is 436 g/mol. The quantitative estimate of drug-likeness (QED) is 0.438. The minimum Gasteiger partial charge on any atom is -0.301 e. The van der Waals surface area contributed by atoms with Gasteiger partial charge in [-0.25, -0.2) is 8.78 Å². The minimum atomic E-state index is -0.960. The van der Waals surface area contributed by atoms with Gasteiger partial charge in [0, 0.05) is 12.1 Å². The number of Topliss-reactive ketones (excluding diaryl/α,β-unsaturated/α-hetero) is 1. The van der Waals surface area contributed by atoms with Crippen LogP contribution >= 0.6 is 0 Å². The molecule has 0 aliphatic rings. The number of carbonyl (C=O) groups excluding carboxylic acids is 2. The summed E-state index contributed by atoms with van der Waals surface area (Å²) in [6, 6.07) is 18.2. The van der Waals surface area contributed by atoms with Crippen molar-refractivity contribution in [1.82, 2.24) is 0 Å². The van der Waals surface area contributed by atoms with E-state index in [4.69, 9.17) is 0 Å². The summed E-state index contributed by atoms with van der Waals surface area (Å²) in [6.45, 7) is 7.48. The molecule has 0 aliphatic carbocycles. The van der Waals surface area contributed by atoms with Gasteiger partial charge in [0.05, 0.1) is 6.54 Å². The van der Waals surface area contributed by atoms with Crippen molar-refractivity contribution in [2.45, 2.75) is 34.1 Å². The van der Waals surface area contributed by atoms with Gasteiger partial charge < -0.3 is 4.90 Å². The number of amides is 1. The molecule has 0 aromatic heterocycles. The maximum atomic E-state index is 14.4. The lowest BCUT2D eigenvalue weighted by Gasteiger charge is -2.25. The van der Waals surface area contributed by atoms with Crippen LogP contribution in [0.1, 0.15) is 43.1 Å². The van der Waals surface area contributed by atoms with Crippen LogP contribution in [0.2, 0.25) is 0 Å². The Kier molecular flexibility index (Phi) is 6.87. The molecule has 0 saturated carbocycles. The molecule has 0 bridgehead atoms. The molecule has 0 spiro atoms. The number of rotatable bonds is 6. The van der Waals surface area contributed by atoms with Crippen LogP contribution in [0, 0.1) is 24.0 Å². The summed E-state index contributed by atoms with van der Waals surface area (Å²) in [6.07, 6.45) is 0.230. The van der Waals surface area contributed by atoms with Gasteiger partial charge in [-0.1, -0.05) is 68.8 Å². The highest BCUT2D eigenvalue weighted by Gasteiger charge is 2.27. The number of carbonyl (C=O) groups is 2. The Hall–Kier alpha value is -3.34. The Labute approximate surface area is 187 Å². The molecular weight excluding hydrogens is 408 g/mol. The largest absolute Gasteiger partial charge is 0.301 e. The third-order valence-corrected chi connectivity index (χ3v) is 5.03. The van der Waals surface area contributed by atoms with Gasteiger partial charge in [-0.2, -0.15) is 0 Å². The zero-order valence-electron chi connectivity index (χ0n) is 18.8. The van der Waals surface area contributed by atoms with Crippen LogP contribution in [0.25, 0.3) is 11.1 Å². The molecule has 0 fully saturated rings. The second-order valence-electron chi connectivity index (χ2n) is 9.18. The van der Waals surface area contributed by atoms with Crippen molar-refractivity contribution in [1.29, 1.82) is 0 Å². The Bertz CT molecular complexity index is 1110. The van der Waals surface area contributed by atoms with E-state index in [1.807, 2.05) is 58.0 Å². The fraction of sp³-hybridized carbons (Fsp3) is 0.259. The standard InChI is InChI=1S/C27H27F2NO2/c1-18-11-13-19(14-12-18)20-7-5-8-21(15-20)30(17-22(31)16-27(2,3)4)26(32)25-23(28)9-6-10-24(25)29/h5-15H,16-17H2,1-4H3. The number of ketones is 1. The number of hydrogen-bond acceptors (Lipinski definition) is 2. The first kappa shape index (κ1) is 23.3. The number of halogens is 2. The van der Waals surface area contributed by atoms with Crippen LogP contribution in [0.15, 0.2) is 66.7 Å². The predicted octanol–water partition coefficient (Wildman–Crippen LogP) is 6.59. The summed E-state index contributed by atoms with van der Waals surface area (Å²) in [4.78, 5) is 27.2. The van der Waals surface area contributed by atoms with E-state index in [0.29, 0.717) is 5.69 Å². The van der Waals surface area contributed by atoms with Crippen molar-refractivity contribution in [3.63, 3.8) is 0 Å². The monoisotopic (exact) mass is 435 g/mol. The zero-order chi connectivity index (χ0) is 23.5. The molecule has 0 aliphatic heterocycles. The highest BCUT2D eigenvalue weighted by atomic mass is 19.1. The Morgan fingerprint density at radius 2 is 1.44 bits per heavy atom. The predicted molar refractivity (Wildman–Crippen MR) is 124 cm³/mol. The smallest absolute Gasteiger partial charge is 0.264 e. The summed E-state index contributed by atoms with van der Waals surface area (Å²) >= 11 is 0. The van der Waals surface area contributed by atoms with E-state index in [9.17, 15) is 18.4 Å². The molecule has 3 nitrogen and oxygen atoms in total. The molecule has 0 N–H and O–H groups in total. The van der Waals surface area contributed by atoms with Crippen LogP contribution in [0.5, 0.6) is 0 Å². The highest BCUT2D eigenvalue weighted by molar-refractivity contribution is 6.09. The Morgan fingerprint density at radius 3 is 2.03 bits per heavy atom. The normalized spacial score (nSPS) is 11.3. The summed E-state index contributed by atoms with van der Waals surface area (Å²) in [7, 11) is 0. The maximum absolute atomic E-state index is 14.4. The summed E-state index contributed by atoms with van der Waals surface area (Å²) in [5.74, 6) is -3.00. The van der Waals surface area contributed by atoms with E-state index in [1.165, 1.54) is 6.07 Å². The molecule has 0 unspecified atom stereocenters. The van der Waals surface area contributed by atoms with E-state index >= 15 is 0 Å². The van der Waals surface area contributed by atoms with Crippen LogP contribution in [0.4, 0.5) is 14.5 Å². The fourth-order valence-electron chi connectivity index (χ4n) is 3.54. The molecule has 3 aromatic rings. The van der Waals surface area contributed by atoms with E-state index in [0.717, 1.165) is 33.7 Å². The fourth-order valence-corrected chi connectivity index (χ4v) is 3.54. The summed E-state index contributed by atoms with van der Waals surface area (Å²) in [5, 5.41) is 0. The average Bonchev–Trinajstić information content (AvgIpc) is 2.71. The number of nitrogens with zero attached hydrogens (tertiary/aromatic N) is 1. The van der Waals surface area contributed by atoms with Crippen molar-refractivity contribution in [2.24, 2.45) is 5.41 Å². The molecule has 0 atom stereocenters. The van der Waals surface area contributed by atoms with Crippen LogP contribution in [-0.4, -0.2) is 18.2 Å². The Morgan fingerprint density at radius 1 is 0.844 bits per heavy atom. The number of anilines is 1. The SMILES string of the molecule is Cc1ccc(-c2cccc(N(CC(=O)CC(C)(C)C)C(=O)c3c(F)cccc3F)c2)cc1. The first-order valence-corrected chi connectivity index (χ1v) is 10.5. The minimum absolute atomic E-state index is 0.191. The van der Waals surface area contributed by atoms with Gasteiger partial charge >= 0.3 is 0 Å². The molecule has 5 heteroatoms. The molecule has 0 heterocycles. The van der Waals surface area contributed by atoms with E-state index < -0.39 is 23.1 Å². The van der Waals surface area contributed by atoms with E-state index in [1.54, 1.807) is 18.2 Å². The van der Waals surface area contributed by atoms with E-state index in [2.05, 4.69) is 0 Å². The van der Waals surface area contributed by atoms with E-state index in [-0.39, 0.29) is 24.2 Å². The van der Waals surface area contributed by atoms with Gasteiger partial charge in [0.15, 0.2) is 5.78 Å². The van der Waals surface area contributed by atoms with Crippen LogP contribution in [-0.2, 0) is 4.79 Å². The second kappa shape index (κ2) is 9.43.